The Morgan fingerprint density at radius 3 is 2.74 bits per heavy atom. The molecule has 1 heterocycles. The van der Waals surface area contributed by atoms with Crippen LogP contribution in [0.4, 0.5) is 5.69 Å². The zero-order valence-electron chi connectivity index (χ0n) is 12.0. The van der Waals surface area contributed by atoms with Crippen LogP contribution in [0.5, 0.6) is 17.2 Å². The Balaban J connectivity index is 1.59. The maximum absolute atomic E-state index is 12.0. The second kappa shape index (κ2) is 7.10. The minimum Gasteiger partial charge on any atom is -0.486 e. The van der Waals surface area contributed by atoms with Crippen molar-refractivity contribution in [1.82, 2.24) is 0 Å². The molecule has 1 aliphatic heterocycles. The van der Waals surface area contributed by atoms with Gasteiger partial charge in [-0.15, -0.1) is 0 Å². The highest BCUT2D eigenvalue weighted by atomic mass is 79.9. The van der Waals surface area contributed by atoms with Crippen molar-refractivity contribution in [3.63, 3.8) is 0 Å². The first kappa shape index (κ1) is 16.0. The van der Waals surface area contributed by atoms with Crippen molar-refractivity contribution in [1.29, 1.82) is 0 Å². The first-order valence-corrected chi connectivity index (χ1v) is 8.06. The number of hydrogen-bond donors (Lipinski definition) is 1. The van der Waals surface area contributed by atoms with Gasteiger partial charge in [0.25, 0.3) is 5.91 Å². The monoisotopic (exact) mass is 397 g/mol. The number of carbonyl (C=O) groups excluding carboxylic acids is 1. The molecule has 2 aromatic rings. The molecule has 0 fully saturated rings. The smallest absolute Gasteiger partial charge is 0.262 e. The van der Waals surface area contributed by atoms with Gasteiger partial charge in [0.1, 0.15) is 19.0 Å². The van der Waals surface area contributed by atoms with Crippen LogP contribution in [0, 0.1) is 0 Å². The summed E-state index contributed by atoms with van der Waals surface area (Å²) in [5.41, 5.74) is 0.623. The van der Waals surface area contributed by atoms with E-state index >= 15 is 0 Å². The predicted octanol–water partition coefficient (Wildman–Crippen LogP) is 3.89. The molecule has 0 unspecified atom stereocenters. The van der Waals surface area contributed by atoms with Gasteiger partial charge in [0.2, 0.25) is 0 Å². The third-order valence-electron chi connectivity index (χ3n) is 3.08. The summed E-state index contributed by atoms with van der Waals surface area (Å²) in [6, 6.07) is 10.3. The van der Waals surface area contributed by atoms with Crippen LogP contribution < -0.4 is 19.5 Å². The van der Waals surface area contributed by atoms with Gasteiger partial charge in [0, 0.05) is 16.8 Å². The van der Waals surface area contributed by atoms with Crippen LogP contribution >= 0.6 is 27.5 Å². The van der Waals surface area contributed by atoms with E-state index in [-0.39, 0.29) is 12.5 Å². The van der Waals surface area contributed by atoms with Crippen molar-refractivity contribution >= 4 is 39.1 Å². The van der Waals surface area contributed by atoms with Crippen molar-refractivity contribution in [3.8, 4) is 17.2 Å². The second-order valence-corrected chi connectivity index (χ2v) is 6.06. The predicted molar refractivity (Wildman–Crippen MR) is 90.7 cm³/mol. The Morgan fingerprint density at radius 1 is 1.17 bits per heavy atom. The van der Waals surface area contributed by atoms with Crippen LogP contribution in [0.3, 0.4) is 0 Å². The van der Waals surface area contributed by atoms with Crippen molar-refractivity contribution < 1.29 is 19.0 Å². The lowest BCUT2D eigenvalue weighted by atomic mass is 10.2. The van der Waals surface area contributed by atoms with Crippen LogP contribution in [0.15, 0.2) is 40.9 Å². The zero-order chi connectivity index (χ0) is 16.2. The van der Waals surface area contributed by atoms with Gasteiger partial charge in [-0.25, -0.2) is 0 Å². The number of amides is 1. The van der Waals surface area contributed by atoms with Gasteiger partial charge in [0.05, 0.1) is 4.47 Å². The van der Waals surface area contributed by atoms with Gasteiger partial charge in [-0.3, -0.25) is 4.79 Å². The van der Waals surface area contributed by atoms with Crippen LogP contribution in [0.1, 0.15) is 0 Å². The van der Waals surface area contributed by atoms with Crippen molar-refractivity contribution in [2.45, 2.75) is 0 Å². The summed E-state index contributed by atoms with van der Waals surface area (Å²) in [7, 11) is 0. The Labute approximate surface area is 146 Å². The topological polar surface area (TPSA) is 56.8 Å². The van der Waals surface area contributed by atoms with Gasteiger partial charge in [-0.1, -0.05) is 11.6 Å². The Bertz CT molecular complexity index is 738. The molecular formula is C16H13BrClNO4. The van der Waals surface area contributed by atoms with Crippen molar-refractivity contribution in [3.05, 3.63) is 45.9 Å². The van der Waals surface area contributed by atoms with Crippen molar-refractivity contribution in [2.24, 2.45) is 0 Å². The van der Waals surface area contributed by atoms with Gasteiger partial charge in [0.15, 0.2) is 18.1 Å². The zero-order valence-corrected chi connectivity index (χ0v) is 14.3. The SMILES string of the molecule is O=C(COc1ccc(Cl)cc1Br)Nc1ccc2c(c1)OCCO2. The molecule has 0 saturated carbocycles. The molecule has 3 rings (SSSR count). The number of benzene rings is 2. The number of halogens is 2. The lowest BCUT2D eigenvalue weighted by Crippen LogP contribution is -2.21. The van der Waals surface area contributed by atoms with E-state index in [4.69, 9.17) is 25.8 Å². The molecule has 5 nitrogen and oxygen atoms in total. The largest absolute Gasteiger partial charge is 0.486 e. The summed E-state index contributed by atoms with van der Waals surface area (Å²) in [6.45, 7) is 0.912. The molecule has 0 aromatic heterocycles. The van der Waals surface area contributed by atoms with Gasteiger partial charge in [-0.2, -0.15) is 0 Å². The number of hydrogen-bond acceptors (Lipinski definition) is 4. The molecule has 1 amide bonds. The van der Waals surface area contributed by atoms with Gasteiger partial charge >= 0.3 is 0 Å². The summed E-state index contributed by atoms with van der Waals surface area (Å²) in [4.78, 5) is 12.0. The molecule has 2 aromatic carbocycles. The Morgan fingerprint density at radius 2 is 1.96 bits per heavy atom. The Kier molecular flexibility index (Phi) is 4.93. The summed E-state index contributed by atoms with van der Waals surface area (Å²) in [5.74, 6) is 1.57. The molecule has 0 radical (unpaired) electrons. The van der Waals surface area contributed by atoms with Gasteiger partial charge in [-0.05, 0) is 46.3 Å². The molecule has 0 bridgehead atoms. The highest BCUT2D eigenvalue weighted by Crippen LogP contribution is 2.32. The maximum atomic E-state index is 12.0. The number of carbonyl (C=O) groups is 1. The molecule has 120 valence electrons. The average Bonchev–Trinajstić information content (AvgIpc) is 2.54. The third-order valence-corrected chi connectivity index (χ3v) is 3.93. The van der Waals surface area contributed by atoms with Crippen molar-refractivity contribution in [2.75, 3.05) is 25.1 Å². The van der Waals surface area contributed by atoms with E-state index in [1.807, 2.05) is 0 Å². The molecule has 1 aliphatic rings. The van der Waals surface area contributed by atoms with Crippen LogP contribution in [-0.4, -0.2) is 25.7 Å². The second-order valence-electron chi connectivity index (χ2n) is 4.77. The average molecular weight is 399 g/mol. The summed E-state index contributed by atoms with van der Waals surface area (Å²) < 4.78 is 17.1. The molecule has 23 heavy (non-hydrogen) atoms. The molecule has 0 spiro atoms. The van der Waals surface area contributed by atoms with E-state index in [1.54, 1.807) is 36.4 Å². The quantitative estimate of drug-likeness (QED) is 0.849. The van der Waals surface area contributed by atoms with E-state index in [0.29, 0.717) is 45.6 Å². The lowest BCUT2D eigenvalue weighted by molar-refractivity contribution is -0.118. The van der Waals surface area contributed by atoms with E-state index < -0.39 is 0 Å². The highest BCUT2D eigenvalue weighted by Gasteiger charge is 2.13. The highest BCUT2D eigenvalue weighted by molar-refractivity contribution is 9.10. The minimum atomic E-state index is -0.275. The fourth-order valence-corrected chi connectivity index (χ4v) is 2.85. The molecule has 0 saturated heterocycles. The molecule has 0 atom stereocenters. The standard InChI is InChI=1S/C16H13BrClNO4/c17-12-7-10(18)1-3-13(12)23-9-16(20)19-11-2-4-14-15(8-11)22-6-5-21-14/h1-4,7-8H,5-6,9H2,(H,19,20). The maximum Gasteiger partial charge on any atom is 0.262 e. The molecule has 1 N–H and O–H groups in total. The fourth-order valence-electron chi connectivity index (χ4n) is 2.05. The normalized spacial score (nSPS) is 12.6. The lowest BCUT2D eigenvalue weighted by Gasteiger charge is -2.19. The van der Waals surface area contributed by atoms with Gasteiger partial charge < -0.3 is 19.5 Å². The third kappa shape index (κ3) is 4.09. The van der Waals surface area contributed by atoms with E-state index in [0.717, 1.165) is 0 Å². The number of nitrogens with one attached hydrogen (secondary N) is 1. The van der Waals surface area contributed by atoms with E-state index in [9.17, 15) is 4.79 Å². The first-order valence-electron chi connectivity index (χ1n) is 6.89. The first-order chi connectivity index (χ1) is 11.1. The fraction of sp³-hybridized carbons (Fsp3) is 0.188. The molecule has 7 heteroatoms. The summed E-state index contributed by atoms with van der Waals surface area (Å²) in [5, 5.41) is 3.34. The number of fused-ring (bicyclic) bond motifs is 1. The summed E-state index contributed by atoms with van der Waals surface area (Å²) in [6.07, 6.45) is 0. The molecule has 0 aliphatic carbocycles. The Hall–Kier alpha value is -1.92. The van der Waals surface area contributed by atoms with Crippen LogP contribution in [0.25, 0.3) is 0 Å². The number of anilines is 1. The van der Waals surface area contributed by atoms with Crippen LogP contribution in [-0.2, 0) is 4.79 Å². The van der Waals surface area contributed by atoms with Crippen LogP contribution in [0.2, 0.25) is 5.02 Å². The minimum absolute atomic E-state index is 0.116. The van der Waals surface area contributed by atoms with E-state index in [1.165, 1.54) is 0 Å². The summed E-state index contributed by atoms with van der Waals surface area (Å²) >= 11 is 9.19. The van der Waals surface area contributed by atoms with E-state index in [2.05, 4.69) is 21.2 Å². The number of rotatable bonds is 4. The molecular weight excluding hydrogens is 386 g/mol. The number of ether oxygens (including phenoxy) is 3.